The molecule has 122 valence electrons. The lowest BCUT2D eigenvalue weighted by atomic mass is 10.1. The van der Waals surface area contributed by atoms with Gasteiger partial charge in [0.05, 0.1) is 21.8 Å². The molecule has 4 nitrogen and oxygen atoms in total. The summed E-state index contributed by atoms with van der Waals surface area (Å²) in [5, 5.41) is 8.88. The van der Waals surface area contributed by atoms with Gasteiger partial charge in [0, 0.05) is 0 Å². The molecule has 8 heteroatoms. The van der Waals surface area contributed by atoms with Gasteiger partial charge in [-0.2, -0.15) is 13.2 Å². The van der Waals surface area contributed by atoms with Crippen LogP contribution in [0.5, 0.6) is 0 Å². The number of benzene rings is 2. The van der Waals surface area contributed by atoms with Crippen LogP contribution >= 0.6 is 0 Å². The van der Waals surface area contributed by atoms with Crippen molar-refractivity contribution in [3.8, 4) is 0 Å². The fourth-order valence-corrected chi connectivity index (χ4v) is 3.34. The van der Waals surface area contributed by atoms with Gasteiger partial charge in [-0.05, 0) is 35.9 Å². The van der Waals surface area contributed by atoms with Gasteiger partial charge in [0.25, 0.3) is 0 Å². The molecule has 1 N–H and O–H groups in total. The molecule has 0 heterocycles. The van der Waals surface area contributed by atoms with Crippen LogP contribution in [0.1, 0.15) is 21.5 Å². The molecule has 2 aromatic carbocycles. The van der Waals surface area contributed by atoms with Gasteiger partial charge in [0.15, 0.2) is 9.84 Å². The molecule has 0 fully saturated rings. The number of rotatable bonds is 4. The zero-order chi connectivity index (χ0) is 17.3. The molecule has 0 bridgehead atoms. The molecule has 0 aromatic heterocycles. The first-order chi connectivity index (χ1) is 10.6. The molecule has 0 saturated carbocycles. The van der Waals surface area contributed by atoms with Crippen LogP contribution in [0.4, 0.5) is 13.2 Å². The zero-order valence-electron chi connectivity index (χ0n) is 11.5. The van der Waals surface area contributed by atoms with Crippen molar-refractivity contribution in [2.75, 3.05) is 0 Å². The van der Waals surface area contributed by atoms with Crippen molar-refractivity contribution >= 4 is 15.8 Å². The third kappa shape index (κ3) is 4.10. The van der Waals surface area contributed by atoms with Crippen molar-refractivity contribution in [2.45, 2.75) is 16.8 Å². The molecule has 0 aliphatic heterocycles. The smallest absolute Gasteiger partial charge is 0.416 e. The van der Waals surface area contributed by atoms with Gasteiger partial charge in [-0.25, -0.2) is 13.2 Å². The summed E-state index contributed by atoms with van der Waals surface area (Å²) in [6, 6.07) is 8.68. The van der Waals surface area contributed by atoms with E-state index in [1.54, 1.807) is 0 Å². The number of aromatic carboxylic acids is 1. The van der Waals surface area contributed by atoms with Crippen LogP contribution in [0.3, 0.4) is 0 Å². The van der Waals surface area contributed by atoms with E-state index in [0.717, 1.165) is 18.2 Å². The third-order valence-corrected chi connectivity index (χ3v) is 4.74. The standard InChI is InChI=1S/C15H11F3O4S/c16-15(17,18)12-5-2-6-13(8-12)23(21,22)9-10-3-1-4-11(7-10)14(19)20/h1-8H,9H2,(H,19,20). The normalized spacial score (nSPS) is 12.1. The fraction of sp³-hybridized carbons (Fsp3) is 0.133. The highest BCUT2D eigenvalue weighted by atomic mass is 32.2. The lowest BCUT2D eigenvalue weighted by Crippen LogP contribution is -2.09. The Morgan fingerprint density at radius 2 is 1.70 bits per heavy atom. The van der Waals surface area contributed by atoms with E-state index >= 15 is 0 Å². The van der Waals surface area contributed by atoms with E-state index in [2.05, 4.69) is 0 Å². The minimum Gasteiger partial charge on any atom is -0.478 e. The van der Waals surface area contributed by atoms with Crippen LogP contribution in [0, 0.1) is 0 Å². The minimum atomic E-state index is -4.64. The van der Waals surface area contributed by atoms with E-state index < -0.39 is 38.2 Å². The van der Waals surface area contributed by atoms with Crippen LogP contribution in [0.15, 0.2) is 53.4 Å². The monoisotopic (exact) mass is 344 g/mol. The maximum absolute atomic E-state index is 12.7. The number of sulfone groups is 1. The SMILES string of the molecule is O=C(O)c1cccc(CS(=O)(=O)c2cccc(C(F)(F)F)c2)c1. The number of halogens is 3. The Hall–Kier alpha value is -2.35. The maximum atomic E-state index is 12.7. The average molecular weight is 344 g/mol. The minimum absolute atomic E-state index is 0.0956. The topological polar surface area (TPSA) is 71.4 Å². The van der Waals surface area contributed by atoms with Crippen LogP contribution in [-0.4, -0.2) is 19.5 Å². The molecular formula is C15H11F3O4S. The molecule has 0 saturated heterocycles. The summed E-state index contributed by atoms with van der Waals surface area (Å²) in [6.45, 7) is 0. The molecule has 0 aliphatic carbocycles. The van der Waals surface area contributed by atoms with Crippen molar-refractivity contribution in [2.24, 2.45) is 0 Å². The molecule has 23 heavy (non-hydrogen) atoms. The van der Waals surface area contributed by atoms with Gasteiger partial charge in [0.1, 0.15) is 0 Å². The molecule has 0 aliphatic rings. The van der Waals surface area contributed by atoms with Gasteiger partial charge in [0.2, 0.25) is 0 Å². The van der Waals surface area contributed by atoms with Gasteiger partial charge in [-0.15, -0.1) is 0 Å². The number of carboxylic acids is 1. The Kier molecular flexibility index (Phi) is 4.46. The molecule has 0 atom stereocenters. The molecule has 0 unspecified atom stereocenters. The molecule has 2 aromatic rings. The fourth-order valence-electron chi connectivity index (χ4n) is 1.96. The summed E-state index contributed by atoms with van der Waals surface area (Å²) in [6.07, 6.45) is -4.64. The Bertz CT molecular complexity index is 842. The number of carbonyl (C=O) groups is 1. The lowest BCUT2D eigenvalue weighted by molar-refractivity contribution is -0.137. The van der Waals surface area contributed by atoms with E-state index in [4.69, 9.17) is 5.11 Å². The van der Waals surface area contributed by atoms with Crippen molar-refractivity contribution in [3.05, 3.63) is 65.2 Å². The highest BCUT2D eigenvalue weighted by Crippen LogP contribution is 2.31. The molecule has 2 rings (SSSR count). The summed E-state index contributed by atoms with van der Waals surface area (Å²) in [5.74, 6) is -1.81. The highest BCUT2D eigenvalue weighted by Gasteiger charge is 2.31. The summed E-state index contributed by atoms with van der Waals surface area (Å²) >= 11 is 0. The highest BCUT2D eigenvalue weighted by molar-refractivity contribution is 7.90. The quantitative estimate of drug-likeness (QED) is 0.923. The number of alkyl halides is 3. The zero-order valence-corrected chi connectivity index (χ0v) is 12.4. The van der Waals surface area contributed by atoms with Gasteiger partial charge >= 0.3 is 12.1 Å². The van der Waals surface area contributed by atoms with Crippen LogP contribution < -0.4 is 0 Å². The van der Waals surface area contributed by atoms with Crippen LogP contribution in [0.2, 0.25) is 0 Å². The number of hydrogen-bond donors (Lipinski definition) is 1. The van der Waals surface area contributed by atoms with Gasteiger partial charge < -0.3 is 5.11 Å². The Balaban J connectivity index is 2.36. The first-order valence-electron chi connectivity index (χ1n) is 6.32. The molecule has 0 spiro atoms. The number of hydrogen-bond acceptors (Lipinski definition) is 3. The Labute approximate surface area is 130 Å². The second-order valence-corrected chi connectivity index (χ2v) is 6.78. The lowest BCUT2D eigenvalue weighted by Gasteiger charge is -2.10. The van der Waals surface area contributed by atoms with Crippen molar-refractivity contribution in [3.63, 3.8) is 0 Å². The Morgan fingerprint density at radius 3 is 2.30 bits per heavy atom. The largest absolute Gasteiger partial charge is 0.478 e. The predicted molar refractivity (Wildman–Crippen MR) is 75.7 cm³/mol. The summed E-state index contributed by atoms with van der Waals surface area (Å²) in [4.78, 5) is 10.4. The van der Waals surface area contributed by atoms with E-state index in [0.29, 0.717) is 6.07 Å². The van der Waals surface area contributed by atoms with E-state index in [9.17, 15) is 26.4 Å². The van der Waals surface area contributed by atoms with E-state index in [1.165, 1.54) is 24.3 Å². The third-order valence-electron chi connectivity index (χ3n) is 3.05. The predicted octanol–water partition coefficient (Wildman–Crippen LogP) is 3.38. The number of carboxylic acid groups (broad SMARTS) is 1. The van der Waals surface area contributed by atoms with Gasteiger partial charge in [-0.3, -0.25) is 0 Å². The summed E-state index contributed by atoms with van der Waals surface area (Å²) in [5.41, 5.74) is -0.970. The van der Waals surface area contributed by atoms with Crippen molar-refractivity contribution < 1.29 is 31.5 Å². The maximum Gasteiger partial charge on any atom is 0.416 e. The molecule has 0 amide bonds. The average Bonchev–Trinajstić information content (AvgIpc) is 2.46. The van der Waals surface area contributed by atoms with E-state index in [-0.39, 0.29) is 11.1 Å². The summed E-state index contributed by atoms with van der Waals surface area (Å²) in [7, 11) is -4.03. The Morgan fingerprint density at radius 1 is 1.04 bits per heavy atom. The second kappa shape index (κ2) is 6.04. The molecular weight excluding hydrogens is 333 g/mol. The van der Waals surface area contributed by atoms with Crippen LogP contribution in [0.25, 0.3) is 0 Å². The van der Waals surface area contributed by atoms with Crippen molar-refractivity contribution in [1.29, 1.82) is 0 Å². The first kappa shape index (κ1) is 17.0. The second-order valence-electron chi connectivity index (χ2n) is 4.79. The van der Waals surface area contributed by atoms with Crippen molar-refractivity contribution in [1.82, 2.24) is 0 Å². The molecule has 0 radical (unpaired) electrons. The van der Waals surface area contributed by atoms with Gasteiger partial charge in [-0.1, -0.05) is 18.2 Å². The van der Waals surface area contributed by atoms with Crippen LogP contribution in [-0.2, 0) is 21.8 Å². The first-order valence-corrected chi connectivity index (χ1v) is 7.97. The van der Waals surface area contributed by atoms with E-state index in [1.807, 2.05) is 0 Å². The summed E-state index contributed by atoms with van der Waals surface area (Å²) < 4.78 is 62.5.